The smallest absolute Gasteiger partial charge is 0.462 e. The number of carbonyl (C=O) groups is 4. The lowest BCUT2D eigenvalue weighted by Gasteiger charge is -2.21. The zero-order valence-electron chi connectivity index (χ0n) is 67.1. The van der Waals surface area contributed by atoms with Gasteiger partial charge < -0.3 is 33.8 Å². The van der Waals surface area contributed by atoms with Crippen molar-refractivity contribution in [3.05, 3.63) is 0 Å². The van der Waals surface area contributed by atoms with Gasteiger partial charge in [-0.05, 0) is 43.4 Å². The highest BCUT2D eigenvalue weighted by molar-refractivity contribution is 7.47. The highest BCUT2D eigenvalue weighted by Gasteiger charge is 2.30. The van der Waals surface area contributed by atoms with Gasteiger partial charge in [0.2, 0.25) is 0 Å². The maximum atomic E-state index is 13.1. The van der Waals surface area contributed by atoms with Crippen molar-refractivity contribution in [3.63, 3.8) is 0 Å². The second kappa shape index (κ2) is 73.2. The van der Waals surface area contributed by atoms with Crippen LogP contribution >= 0.6 is 15.6 Å². The summed E-state index contributed by atoms with van der Waals surface area (Å²) < 4.78 is 68.7. The van der Waals surface area contributed by atoms with E-state index in [1.165, 1.54) is 238 Å². The van der Waals surface area contributed by atoms with Crippen LogP contribution in [0.15, 0.2) is 0 Å². The number of aliphatic hydroxyl groups excluding tert-OH is 1. The molecule has 0 amide bonds. The van der Waals surface area contributed by atoms with Gasteiger partial charge in [-0.2, -0.15) is 0 Å². The van der Waals surface area contributed by atoms with E-state index in [1.807, 2.05) is 0 Å². The fourth-order valence-electron chi connectivity index (χ4n) is 12.8. The lowest BCUT2D eigenvalue weighted by molar-refractivity contribution is -0.161. The SMILES string of the molecule is CCCCCCCCCCCCCCC(=O)O[C@H](COC(=O)CCCCCCCCC(C)CC)COP(=O)(O)OC[C@H](O)COP(=O)(O)OC[C@@H](COC(=O)CCCCCCCCCCCCCCCCCC(C)C)OC(=O)CCCCCCCCCCCCCCCCCCCCC(C)CC. The molecule has 0 aliphatic heterocycles. The van der Waals surface area contributed by atoms with Crippen molar-refractivity contribution in [2.45, 2.75) is 452 Å². The lowest BCUT2D eigenvalue weighted by atomic mass is 9.99. The van der Waals surface area contributed by atoms with Gasteiger partial charge in [0.25, 0.3) is 0 Å². The minimum atomic E-state index is -4.96. The van der Waals surface area contributed by atoms with E-state index in [0.29, 0.717) is 25.7 Å². The standard InChI is InChI=1S/C83H162O17P2/c1-8-11-12-13-14-15-16-32-38-43-52-59-66-82(87)100-79(71-94-81(86)65-58-51-46-45-49-56-63-76(7)10-3)73-98-102(91,92)96-69-77(84)68-95-101(89,90)97-72-78(70-93-80(85)64-57-50-42-37-33-28-25-21-22-26-30-35-40-47-54-61-74(4)5)99-83(88)67-60-53-44-39-34-29-24-20-18-17-19-23-27-31-36-41-48-55-62-75(6)9-2/h74-79,84H,8-73H2,1-7H3,(H,89,90)(H,91,92)/t75?,76?,77-,78-,79-/m1/s1. The minimum Gasteiger partial charge on any atom is -0.462 e. The van der Waals surface area contributed by atoms with Gasteiger partial charge in [-0.1, -0.05) is 382 Å². The van der Waals surface area contributed by atoms with Crippen LogP contribution in [0.1, 0.15) is 434 Å². The van der Waals surface area contributed by atoms with Crippen molar-refractivity contribution >= 4 is 39.5 Å². The lowest BCUT2D eigenvalue weighted by Crippen LogP contribution is -2.30. The van der Waals surface area contributed by atoms with Crippen LogP contribution in [0.5, 0.6) is 0 Å². The summed E-state index contributed by atoms with van der Waals surface area (Å²) in [5.41, 5.74) is 0. The van der Waals surface area contributed by atoms with E-state index in [-0.39, 0.29) is 25.7 Å². The predicted octanol–water partition coefficient (Wildman–Crippen LogP) is 24.9. The fraction of sp³-hybridized carbons (Fsp3) is 0.952. The Kier molecular flexibility index (Phi) is 71.8. The molecule has 0 radical (unpaired) electrons. The number of hydrogen-bond donors (Lipinski definition) is 3. The van der Waals surface area contributed by atoms with Crippen LogP contribution in [0.4, 0.5) is 0 Å². The van der Waals surface area contributed by atoms with Gasteiger partial charge in [-0.15, -0.1) is 0 Å². The van der Waals surface area contributed by atoms with Crippen LogP contribution in [0, 0.1) is 17.8 Å². The van der Waals surface area contributed by atoms with Gasteiger partial charge in [-0.3, -0.25) is 37.3 Å². The minimum absolute atomic E-state index is 0.106. The Balaban J connectivity index is 5.21. The van der Waals surface area contributed by atoms with Crippen LogP contribution in [0.25, 0.3) is 0 Å². The summed E-state index contributed by atoms with van der Waals surface area (Å²) in [6.07, 6.45) is 62.5. The second-order valence-corrected chi connectivity index (χ2v) is 33.7. The summed E-state index contributed by atoms with van der Waals surface area (Å²) in [4.78, 5) is 73.0. The van der Waals surface area contributed by atoms with E-state index < -0.39 is 97.5 Å². The van der Waals surface area contributed by atoms with Gasteiger partial charge in [-0.25, -0.2) is 9.13 Å². The molecule has 0 aromatic carbocycles. The van der Waals surface area contributed by atoms with Crippen molar-refractivity contribution < 1.29 is 80.2 Å². The Morgan fingerprint density at radius 1 is 0.284 bits per heavy atom. The summed E-state index contributed by atoms with van der Waals surface area (Å²) in [7, 11) is -9.92. The van der Waals surface area contributed by atoms with E-state index in [2.05, 4.69) is 48.5 Å². The zero-order valence-corrected chi connectivity index (χ0v) is 68.9. The maximum Gasteiger partial charge on any atom is 0.472 e. The molecule has 0 aliphatic rings. The molecular formula is C83H162O17P2. The number of phosphoric acid groups is 2. The van der Waals surface area contributed by atoms with Crippen molar-refractivity contribution in [1.29, 1.82) is 0 Å². The van der Waals surface area contributed by atoms with Crippen molar-refractivity contribution in [2.24, 2.45) is 17.8 Å². The van der Waals surface area contributed by atoms with Crippen molar-refractivity contribution in [1.82, 2.24) is 0 Å². The van der Waals surface area contributed by atoms with Gasteiger partial charge in [0.1, 0.15) is 19.3 Å². The molecule has 0 aromatic heterocycles. The number of esters is 4. The molecule has 0 fully saturated rings. The number of unbranched alkanes of at least 4 members (excludes halogenated alkanes) is 47. The van der Waals surface area contributed by atoms with Gasteiger partial charge in [0, 0.05) is 25.7 Å². The third kappa shape index (κ3) is 73.6. The van der Waals surface area contributed by atoms with E-state index >= 15 is 0 Å². The molecule has 19 heteroatoms. The molecular weight excluding hydrogens is 1330 g/mol. The van der Waals surface area contributed by atoms with Gasteiger partial charge in [0.15, 0.2) is 12.2 Å². The molecule has 0 rings (SSSR count). The van der Waals surface area contributed by atoms with E-state index in [1.54, 1.807) is 0 Å². The normalized spacial score (nSPS) is 14.5. The van der Waals surface area contributed by atoms with Crippen LogP contribution in [-0.4, -0.2) is 96.7 Å². The number of carbonyl (C=O) groups excluding carboxylic acids is 4. The zero-order chi connectivity index (χ0) is 75.1. The third-order valence-corrected chi connectivity index (χ3v) is 22.0. The molecule has 17 nitrogen and oxygen atoms in total. The number of phosphoric ester groups is 2. The van der Waals surface area contributed by atoms with Crippen LogP contribution < -0.4 is 0 Å². The molecule has 3 N–H and O–H groups in total. The molecule has 0 saturated heterocycles. The fourth-order valence-corrected chi connectivity index (χ4v) is 14.4. The molecule has 102 heavy (non-hydrogen) atoms. The molecule has 0 bridgehead atoms. The topological polar surface area (TPSA) is 237 Å². The van der Waals surface area contributed by atoms with E-state index in [4.69, 9.17) is 37.0 Å². The predicted molar refractivity (Wildman–Crippen MR) is 418 cm³/mol. The highest BCUT2D eigenvalue weighted by Crippen LogP contribution is 2.45. The average molecular weight is 1490 g/mol. The second-order valence-electron chi connectivity index (χ2n) is 30.8. The number of rotatable bonds is 81. The quantitative estimate of drug-likeness (QED) is 0.0222. The summed E-state index contributed by atoms with van der Waals surface area (Å²) in [5.74, 6) is 0.299. The van der Waals surface area contributed by atoms with Gasteiger partial charge in [0.05, 0.1) is 26.4 Å². The van der Waals surface area contributed by atoms with Crippen molar-refractivity contribution in [3.8, 4) is 0 Å². The summed E-state index contributed by atoms with van der Waals surface area (Å²) >= 11 is 0. The monoisotopic (exact) mass is 1490 g/mol. The molecule has 0 spiro atoms. The number of ether oxygens (including phenoxy) is 4. The van der Waals surface area contributed by atoms with E-state index in [0.717, 1.165) is 114 Å². The maximum absolute atomic E-state index is 13.1. The average Bonchev–Trinajstić information content (AvgIpc) is 0.951. The number of hydrogen-bond acceptors (Lipinski definition) is 15. The first-order valence-electron chi connectivity index (χ1n) is 42.9. The molecule has 0 heterocycles. The first-order chi connectivity index (χ1) is 49.3. The Hall–Kier alpha value is -1.94. The molecule has 7 atom stereocenters. The number of aliphatic hydroxyl groups is 1. The molecule has 0 aromatic rings. The highest BCUT2D eigenvalue weighted by atomic mass is 31.2. The largest absolute Gasteiger partial charge is 0.472 e. The summed E-state index contributed by atoms with van der Waals surface area (Å²) in [5, 5.41) is 10.6. The van der Waals surface area contributed by atoms with Crippen LogP contribution in [0.3, 0.4) is 0 Å². The summed E-state index contributed by atoms with van der Waals surface area (Å²) in [6, 6.07) is 0. The Labute approximate surface area is 626 Å². The molecule has 0 saturated carbocycles. The molecule has 606 valence electrons. The molecule has 4 unspecified atom stereocenters. The van der Waals surface area contributed by atoms with Crippen molar-refractivity contribution in [2.75, 3.05) is 39.6 Å². The third-order valence-electron chi connectivity index (χ3n) is 20.1. The Morgan fingerprint density at radius 2 is 0.500 bits per heavy atom. The molecule has 0 aliphatic carbocycles. The summed E-state index contributed by atoms with van der Waals surface area (Å²) in [6.45, 7) is 12.0. The first-order valence-corrected chi connectivity index (χ1v) is 45.9. The Morgan fingerprint density at radius 3 is 0.745 bits per heavy atom. The van der Waals surface area contributed by atoms with E-state index in [9.17, 15) is 43.2 Å². The van der Waals surface area contributed by atoms with Gasteiger partial charge >= 0.3 is 39.5 Å². The Bertz CT molecular complexity index is 1980. The van der Waals surface area contributed by atoms with Crippen LogP contribution in [0.2, 0.25) is 0 Å². The first kappa shape index (κ1) is 100. The van der Waals surface area contributed by atoms with Crippen LogP contribution in [-0.2, 0) is 65.4 Å².